The molecule has 0 radical (unpaired) electrons. The summed E-state index contributed by atoms with van der Waals surface area (Å²) in [4.78, 5) is 11.2. The lowest BCUT2D eigenvalue weighted by Gasteiger charge is -2.06. The first kappa shape index (κ1) is 11.5. The van der Waals surface area contributed by atoms with Crippen molar-refractivity contribution in [3.8, 4) is 0 Å². The summed E-state index contributed by atoms with van der Waals surface area (Å²) in [5, 5.41) is 0. The van der Waals surface area contributed by atoms with Crippen molar-refractivity contribution < 1.29 is 9.53 Å². The summed E-state index contributed by atoms with van der Waals surface area (Å²) < 4.78 is 6.32. The van der Waals surface area contributed by atoms with Gasteiger partial charge >= 0.3 is 5.97 Å². The van der Waals surface area contributed by atoms with E-state index in [1.807, 2.05) is 12.1 Å². The van der Waals surface area contributed by atoms with E-state index in [0.29, 0.717) is 5.57 Å². The highest BCUT2D eigenvalue weighted by Gasteiger charge is 2.12. The molecule has 0 aliphatic rings. The van der Waals surface area contributed by atoms with Crippen molar-refractivity contribution in [2.75, 3.05) is 7.11 Å². The molecular formula is C10H8Br2O2. The summed E-state index contributed by atoms with van der Waals surface area (Å²) in [6.45, 7) is 3.67. The number of rotatable bonds is 2. The third kappa shape index (κ3) is 2.45. The van der Waals surface area contributed by atoms with Crippen LogP contribution in [0.25, 0.3) is 5.57 Å². The van der Waals surface area contributed by atoms with Gasteiger partial charge in [-0.15, -0.1) is 0 Å². The smallest absolute Gasteiger partial charge is 0.337 e. The fraction of sp³-hybridized carbons (Fsp3) is 0.100. The van der Waals surface area contributed by atoms with E-state index in [1.54, 1.807) is 6.07 Å². The lowest BCUT2D eigenvalue weighted by Crippen LogP contribution is -2.02. The minimum atomic E-state index is -0.423. The highest BCUT2D eigenvalue weighted by Crippen LogP contribution is 2.27. The molecule has 2 nitrogen and oxygen atoms in total. The van der Waals surface area contributed by atoms with Crippen LogP contribution >= 0.6 is 31.9 Å². The van der Waals surface area contributed by atoms with Gasteiger partial charge in [0.05, 0.1) is 12.7 Å². The maximum Gasteiger partial charge on any atom is 0.337 e. The van der Waals surface area contributed by atoms with E-state index in [4.69, 9.17) is 0 Å². The summed E-state index contributed by atoms with van der Waals surface area (Å²) >= 11 is 6.67. The predicted molar refractivity (Wildman–Crippen MR) is 62.9 cm³/mol. The standard InChI is InChI=1S/C10H8Br2O2/c1-6(10(13)14-2)8-4-3-7(11)5-9(8)12/h3-5H,1H2,2H3. The molecule has 0 fully saturated rings. The zero-order chi connectivity index (χ0) is 10.7. The van der Waals surface area contributed by atoms with Gasteiger partial charge in [-0.05, 0) is 12.1 Å². The third-order valence-electron chi connectivity index (χ3n) is 1.69. The Bertz CT molecular complexity index is 386. The second-order valence-corrected chi connectivity index (χ2v) is 4.36. The Hall–Kier alpha value is -0.610. The monoisotopic (exact) mass is 318 g/mol. The number of hydrogen-bond acceptors (Lipinski definition) is 2. The average Bonchev–Trinajstić information content (AvgIpc) is 2.15. The van der Waals surface area contributed by atoms with Gasteiger partial charge in [-0.1, -0.05) is 44.5 Å². The molecular weight excluding hydrogens is 312 g/mol. The van der Waals surface area contributed by atoms with Crippen LogP contribution in [0.5, 0.6) is 0 Å². The maximum absolute atomic E-state index is 11.2. The predicted octanol–water partition coefficient (Wildman–Crippen LogP) is 3.40. The summed E-state index contributed by atoms with van der Waals surface area (Å²) in [7, 11) is 1.33. The minimum Gasteiger partial charge on any atom is -0.465 e. The van der Waals surface area contributed by atoms with Gasteiger partial charge in [0.15, 0.2) is 0 Å². The van der Waals surface area contributed by atoms with Gasteiger partial charge in [-0.25, -0.2) is 4.79 Å². The average molecular weight is 320 g/mol. The number of benzene rings is 1. The molecule has 0 saturated heterocycles. The number of esters is 1. The van der Waals surface area contributed by atoms with E-state index in [1.165, 1.54) is 7.11 Å². The molecule has 0 bridgehead atoms. The van der Waals surface area contributed by atoms with Crippen LogP contribution in [0.2, 0.25) is 0 Å². The van der Waals surface area contributed by atoms with Crippen molar-refractivity contribution in [2.24, 2.45) is 0 Å². The van der Waals surface area contributed by atoms with Crippen molar-refractivity contribution in [3.05, 3.63) is 39.3 Å². The first-order valence-electron chi connectivity index (χ1n) is 3.79. The summed E-state index contributed by atoms with van der Waals surface area (Å²) in [5.74, 6) is -0.423. The molecule has 0 aliphatic carbocycles. The Morgan fingerprint density at radius 1 is 1.43 bits per heavy atom. The van der Waals surface area contributed by atoms with E-state index in [-0.39, 0.29) is 0 Å². The molecule has 1 aromatic rings. The van der Waals surface area contributed by atoms with Gasteiger partial charge in [0.25, 0.3) is 0 Å². The van der Waals surface area contributed by atoms with Gasteiger partial charge < -0.3 is 4.74 Å². The van der Waals surface area contributed by atoms with E-state index in [0.717, 1.165) is 14.5 Å². The molecule has 0 amide bonds. The van der Waals surface area contributed by atoms with Crippen molar-refractivity contribution >= 4 is 43.4 Å². The number of hydrogen-bond donors (Lipinski definition) is 0. The number of methoxy groups -OCH3 is 1. The van der Waals surface area contributed by atoms with Gasteiger partial charge in [0.1, 0.15) is 0 Å². The van der Waals surface area contributed by atoms with Gasteiger partial charge in [0, 0.05) is 14.5 Å². The highest BCUT2D eigenvalue weighted by atomic mass is 79.9. The Balaban J connectivity index is 3.08. The molecule has 0 saturated carbocycles. The topological polar surface area (TPSA) is 26.3 Å². The number of carbonyl (C=O) groups excluding carboxylic acids is 1. The number of ether oxygens (including phenoxy) is 1. The van der Waals surface area contributed by atoms with E-state index in [9.17, 15) is 4.79 Å². The lowest BCUT2D eigenvalue weighted by molar-refractivity contribution is -0.133. The Morgan fingerprint density at radius 3 is 2.57 bits per heavy atom. The second kappa shape index (κ2) is 4.75. The second-order valence-electron chi connectivity index (χ2n) is 2.59. The molecule has 0 aromatic heterocycles. The molecule has 1 aromatic carbocycles. The SMILES string of the molecule is C=C(C(=O)OC)c1ccc(Br)cc1Br. The molecule has 0 atom stereocenters. The molecule has 0 aliphatic heterocycles. The third-order valence-corrected chi connectivity index (χ3v) is 2.84. The summed E-state index contributed by atoms with van der Waals surface area (Å²) in [5.41, 5.74) is 1.08. The molecule has 0 unspecified atom stereocenters. The fourth-order valence-corrected chi connectivity index (χ4v) is 2.25. The van der Waals surface area contributed by atoms with E-state index >= 15 is 0 Å². The van der Waals surface area contributed by atoms with Crippen LogP contribution in [0.1, 0.15) is 5.56 Å². The van der Waals surface area contributed by atoms with E-state index < -0.39 is 5.97 Å². The van der Waals surface area contributed by atoms with Gasteiger partial charge in [-0.2, -0.15) is 0 Å². The summed E-state index contributed by atoms with van der Waals surface area (Å²) in [6, 6.07) is 5.49. The molecule has 1 rings (SSSR count). The summed E-state index contributed by atoms with van der Waals surface area (Å²) in [6.07, 6.45) is 0. The Morgan fingerprint density at radius 2 is 2.07 bits per heavy atom. The van der Waals surface area contributed by atoms with Crippen LogP contribution in [-0.2, 0) is 9.53 Å². The van der Waals surface area contributed by atoms with Gasteiger partial charge in [0.2, 0.25) is 0 Å². The van der Waals surface area contributed by atoms with Crippen LogP contribution in [-0.4, -0.2) is 13.1 Å². The van der Waals surface area contributed by atoms with Crippen molar-refractivity contribution in [3.63, 3.8) is 0 Å². The first-order valence-corrected chi connectivity index (χ1v) is 5.37. The lowest BCUT2D eigenvalue weighted by atomic mass is 10.1. The van der Waals surface area contributed by atoms with Crippen LogP contribution in [0.3, 0.4) is 0 Å². The van der Waals surface area contributed by atoms with Crippen LogP contribution < -0.4 is 0 Å². The number of carbonyl (C=O) groups is 1. The van der Waals surface area contributed by atoms with Crippen molar-refractivity contribution in [2.45, 2.75) is 0 Å². The van der Waals surface area contributed by atoms with Gasteiger partial charge in [-0.3, -0.25) is 0 Å². The Labute approximate surface area is 99.2 Å². The van der Waals surface area contributed by atoms with E-state index in [2.05, 4.69) is 43.2 Å². The highest BCUT2D eigenvalue weighted by molar-refractivity contribution is 9.11. The van der Waals surface area contributed by atoms with Crippen molar-refractivity contribution in [1.82, 2.24) is 0 Å². The largest absolute Gasteiger partial charge is 0.465 e. The normalized spacial score (nSPS) is 9.64. The zero-order valence-corrected chi connectivity index (χ0v) is 10.7. The molecule has 0 spiro atoms. The Kier molecular flexibility index (Phi) is 3.89. The molecule has 4 heteroatoms. The molecule has 0 N–H and O–H groups in total. The maximum atomic E-state index is 11.2. The van der Waals surface area contributed by atoms with Crippen LogP contribution in [0, 0.1) is 0 Å². The molecule has 0 heterocycles. The molecule has 74 valence electrons. The van der Waals surface area contributed by atoms with Crippen LogP contribution in [0.15, 0.2) is 33.7 Å². The first-order chi connectivity index (χ1) is 6.56. The van der Waals surface area contributed by atoms with Crippen molar-refractivity contribution in [1.29, 1.82) is 0 Å². The fourth-order valence-electron chi connectivity index (χ4n) is 0.967. The van der Waals surface area contributed by atoms with Crippen LogP contribution in [0.4, 0.5) is 0 Å². The minimum absolute atomic E-state index is 0.340. The molecule has 14 heavy (non-hydrogen) atoms. The quantitative estimate of drug-likeness (QED) is 0.617. The number of halogens is 2. The zero-order valence-electron chi connectivity index (χ0n) is 7.51.